The zero-order chi connectivity index (χ0) is 13.3. The Hall–Kier alpha value is -1.36. The molecule has 4 nitrogen and oxygen atoms in total. The number of hydrogen-bond acceptors (Lipinski definition) is 3. The van der Waals surface area contributed by atoms with Crippen LogP contribution in [-0.4, -0.2) is 28.8 Å². The molecule has 2 amide bonds. The van der Waals surface area contributed by atoms with E-state index in [1.54, 1.807) is 23.2 Å². The van der Waals surface area contributed by atoms with Gasteiger partial charge in [-0.25, -0.2) is 0 Å². The third kappa shape index (κ3) is 2.27. The summed E-state index contributed by atoms with van der Waals surface area (Å²) in [6, 6.07) is 0. The van der Waals surface area contributed by atoms with E-state index >= 15 is 0 Å². The van der Waals surface area contributed by atoms with Crippen LogP contribution in [0.25, 0.3) is 0 Å². The number of carbonyl (C=O) groups excluding carboxylic acids is 2. The summed E-state index contributed by atoms with van der Waals surface area (Å²) in [5.41, 5.74) is 1.55. The summed E-state index contributed by atoms with van der Waals surface area (Å²) in [7, 11) is 0. The van der Waals surface area contributed by atoms with Gasteiger partial charge in [0.25, 0.3) is 0 Å². The number of nitrogens with one attached hydrogen (secondary N) is 1. The van der Waals surface area contributed by atoms with Gasteiger partial charge in [0.1, 0.15) is 5.54 Å². The smallest absolute Gasteiger partial charge is 0.248 e. The fourth-order valence-corrected chi connectivity index (χ4v) is 2.96. The van der Waals surface area contributed by atoms with Crippen molar-refractivity contribution in [1.82, 2.24) is 10.2 Å². The molecule has 0 spiro atoms. The second kappa shape index (κ2) is 4.72. The van der Waals surface area contributed by atoms with Crippen LogP contribution in [0.4, 0.5) is 0 Å². The number of hydrogen-bond donors (Lipinski definition) is 1. The highest BCUT2D eigenvalue weighted by Crippen LogP contribution is 2.22. The van der Waals surface area contributed by atoms with E-state index in [-0.39, 0.29) is 18.4 Å². The maximum absolute atomic E-state index is 12.4. The Morgan fingerprint density at radius 3 is 2.72 bits per heavy atom. The zero-order valence-corrected chi connectivity index (χ0v) is 11.8. The van der Waals surface area contributed by atoms with Gasteiger partial charge in [0.05, 0.1) is 6.54 Å². The van der Waals surface area contributed by atoms with Crippen molar-refractivity contribution in [2.24, 2.45) is 0 Å². The molecule has 1 atom stereocenters. The molecule has 0 bridgehead atoms. The number of thiophene rings is 1. The lowest BCUT2D eigenvalue weighted by Crippen LogP contribution is -2.64. The molecular weight excluding hydrogens is 248 g/mol. The molecule has 1 N–H and O–H groups in total. The van der Waals surface area contributed by atoms with E-state index in [1.807, 2.05) is 19.2 Å². The standard InChI is InChI=1S/C13H18N2O2S/c1-4-13(3)12(17)15(6-11(16)14-13)5-10-8-18-7-9(10)2/h7-8H,4-6H2,1-3H3,(H,14,16). The van der Waals surface area contributed by atoms with Crippen LogP contribution in [0.15, 0.2) is 10.8 Å². The first-order valence-corrected chi connectivity index (χ1v) is 7.02. The predicted octanol–water partition coefficient (Wildman–Crippen LogP) is 1.68. The monoisotopic (exact) mass is 266 g/mol. The van der Waals surface area contributed by atoms with Gasteiger partial charge in [0.2, 0.25) is 11.8 Å². The lowest BCUT2D eigenvalue weighted by molar-refractivity contribution is -0.149. The molecule has 1 fully saturated rings. The molecule has 1 aliphatic rings. The second-order valence-electron chi connectivity index (χ2n) is 4.98. The van der Waals surface area contributed by atoms with Crippen molar-refractivity contribution in [3.05, 3.63) is 21.9 Å². The molecule has 0 aromatic carbocycles. The molecule has 98 valence electrons. The minimum Gasteiger partial charge on any atom is -0.340 e. The summed E-state index contributed by atoms with van der Waals surface area (Å²) in [5, 5.41) is 6.89. The minimum absolute atomic E-state index is 0.00944. The van der Waals surface area contributed by atoms with E-state index in [9.17, 15) is 9.59 Å². The number of aryl methyl sites for hydroxylation is 1. The highest BCUT2D eigenvalue weighted by Gasteiger charge is 2.41. The maximum atomic E-state index is 12.4. The molecule has 2 heterocycles. The van der Waals surface area contributed by atoms with Gasteiger partial charge in [-0.3, -0.25) is 9.59 Å². The average Bonchev–Trinajstić information content (AvgIpc) is 2.71. The normalized spacial score (nSPS) is 24.3. The Labute approximate surface area is 111 Å². The lowest BCUT2D eigenvalue weighted by atomic mass is 9.94. The first-order valence-electron chi connectivity index (χ1n) is 6.08. The molecule has 1 aromatic heterocycles. The minimum atomic E-state index is -0.751. The van der Waals surface area contributed by atoms with Crippen molar-refractivity contribution in [2.45, 2.75) is 39.3 Å². The molecule has 0 radical (unpaired) electrons. The van der Waals surface area contributed by atoms with E-state index < -0.39 is 5.54 Å². The average molecular weight is 266 g/mol. The Bertz CT molecular complexity index is 483. The SMILES string of the molecule is CCC1(C)NC(=O)CN(Cc2cscc2C)C1=O. The first-order chi connectivity index (χ1) is 8.46. The number of nitrogens with zero attached hydrogens (tertiary/aromatic N) is 1. The van der Waals surface area contributed by atoms with Gasteiger partial charge in [0.15, 0.2) is 0 Å². The number of rotatable bonds is 3. The zero-order valence-electron chi connectivity index (χ0n) is 10.9. The van der Waals surface area contributed by atoms with Crippen LogP contribution in [0.5, 0.6) is 0 Å². The molecule has 2 rings (SSSR count). The Morgan fingerprint density at radius 1 is 1.44 bits per heavy atom. The molecule has 1 unspecified atom stereocenters. The van der Waals surface area contributed by atoms with Gasteiger partial charge in [-0.1, -0.05) is 6.92 Å². The van der Waals surface area contributed by atoms with Gasteiger partial charge in [-0.05, 0) is 42.2 Å². The molecular formula is C13H18N2O2S. The van der Waals surface area contributed by atoms with Crippen molar-refractivity contribution in [3.63, 3.8) is 0 Å². The van der Waals surface area contributed by atoms with E-state index in [2.05, 4.69) is 10.7 Å². The Balaban J connectivity index is 2.20. The van der Waals surface area contributed by atoms with Gasteiger partial charge in [-0.15, -0.1) is 0 Å². The van der Waals surface area contributed by atoms with Gasteiger partial charge in [0, 0.05) is 6.54 Å². The van der Waals surface area contributed by atoms with Crippen LogP contribution in [0, 0.1) is 6.92 Å². The summed E-state index contributed by atoms with van der Waals surface area (Å²) >= 11 is 1.62. The fraction of sp³-hybridized carbons (Fsp3) is 0.538. The largest absolute Gasteiger partial charge is 0.340 e. The van der Waals surface area contributed by atoms with E-state index in [1.165, 1.54) is 5.56 Å². The van der Waals surface area contributed by atoms with Crippen LogP contribution in [0.3, 0.4) is 0 Å². The van der Waals surface area contributed by atoms with Gasteiger partial charge < -0.3 is 10.2 Å². The van der Waals surface area contributed by atoms with Crippen molar-refractivity contribution in [3.8, 4) is 0 Å². The van der Waals surface area contributed by atoms with Crippen molar-refractivity contribution < 1.29 is 9.59 Å². The lowest BCUT2D eigenvalue weighted by Gasteiger charge is -2.39. The summed E-state index contributed by atoms with van der Waals surface area (Å²) in [6.45, 7) is 6.41. The summed E-state index contributed by atoms with van der Waals surface area (Å²) in [4.78, 5) is 25.7. The van der Waals surface area contributed by atoms with Gasteiger partial charge in [-0.2, -0.15) is 11.3 Å². The van der Waals surface area contributed by atoms with Crippen LogP contribution in [0.2, 0.25) is 0 Å². The first kappa shape index (κ1) is 13.1. The predicted molar refractivity (Wildman–Crippen MR) is 71.3 cm³/mol. The summed E-state index contributed by atoms with van der Waals surface area (Å²) in [5.74, 6) is -0.0676. The third-order valence-corrected chi connectivity index (χ3v) is 4.45. The van der Waals surface area contributed by atoms with Crippen molar-refractivity contribution in [1.29, 1.82) is 0 Å². The van der Waals surface area contributed by atoms with Crippen molar-refractivity contribution >= 4 is 23.2 Å². The quantitative estimate of drug-likeness (QED) is 0.905. The molecule has 1 aromatic rings. The molecule has 5 heteroatoms. The molecule has 1 saturated heterocycles. The summed E-state index contributed by atoms with van der Waals surface area (Å²) < 4.78 is 0. The second-order valence-corrected chi connectivity index (χ2v) is 5.72. The Morgan fingerprint density at radius 2 is 2.17 bits per heavy atom. The fourth-order valence-electron chi connectivity index (χ4n) is 2.12. The Kier molecular flexibility index (Phi) is 3.43. The van der Waals surface area contributed by atoms with E-state index in [4.69, 9.17) is 0 Å². The van der Waals surface area contributed by atoms with Crippen molar-refractivity contribution in [2.75, 3.05) is 6.54 Å². The van der Waals surface area contributed by atoms with E-state index in [0.29, 0.717) is 13.0 Å². The molecule has 0 saturated carbocycles. The number of carbonyl (C=O) groups is 2. The summed E-state index contributed by atoms with van der Waals surface area (Å²) in [6.07, 6.45) is 0.608. The van der Waals surface area contributed by atoms with E-state index in [0.717, 1.165) is 5.56 Å². The maximum Gasteiger partial charge on any atom is 0.248 e. The molecule has 18 heavy (non-hydrogen) atoms. The number of amides is 2. The van der Waals surface area contributed by atoms with Crippen LogP contribution in [0.1, 0.15) is 31.4 Å². The highest BCUT2D eigenvalue weighted by molar-refractivity contribution is 7.08. The van der Waals surface area contributed by atoms with Crippen LogP contribution >= 0.6 is 11.3 Å². The number of piperazine rings is 1. The van der Waals surface area contributed by atoms with Crippen LogP contribution in [-0.2, 0) is 16.1 Å². The molecule has 0 aliphatic carbocycles. The molecule has 1 aliphatic heterocycles. The third-order valence-electron chi connectivity index (χ3n) is 3.54. The highest BCUT2D eigenvalue weighted by atomic mass is 32.1. The van der Waals surface area contributed by atoms with Crippen LogP contribution < -0.4 is 5.32 Å². The van der Waals surface area contributed by atoms with Gasteiger partial charge >= 0.3 is 0 Å². The topological polar surface area (TPSA) is 49.4 Å².